The van der Waals surface area contributed by atoms with E-state index in [9.17, 15) is 9.59 Å². The van der Waals surface area contributed by atoms with Crippen molar-refractivity contribution in [3.63, 3.8) is 0 Å². The molecule has 1 aliphatic rings. The number of hydrogen-bond donors (Lipinski definition) is 0. The van der Waals surface area contributed by atoms with Crippen LogP contribution in [0.1, 0.15) is 57.0 Å². The van der Waals surface area contributed by atoms with E-state index >= 15 is 0 Å². The van der Waals surface area contributed by atoms with Crippen LogP contribution in [-0.4, -0.2) is 51.2 Å². The Morgan fingerprint density at radius 3 is 2.62 bits per heavy atom. The molecule has 0 aliphatic carbocycles. The largest absolute Gasteiger partial charge is 0.467 e. The van der Waals surface area contributed by atoms with Crippen LogP contribution in [-0.2, 0) is 20.7 Å². The van der Waals surface area contributed by atoms with Gasteiger partial charge in [0, 0.05) is 13.0 Å². The smallest absolute Gasteiger partial charge is 0.410 e. The predicted molar refractivity (Wildman–Crippen MR) is 106 cm³/mol. The van der Waals surface area contributed by atoms with Crippen molar-refractivity contribution < 1.29 is 19.1 Å². The Kier molecular flexibility index (Phi) is 6.20. The zero-order chi connectivity index (χ0) is 21.0. The first-order valence-electron chi connectivity index (χ1n) is 9.81. The van der Waals surface area contributed by atoms with Gasteiger partial charge in [-0.25, -0.2) is 14.3 Å². The zero-order valence-electron chi connectivity index (χ0n) is 17.4. The number of carbonyl (C=O) groups excluding carboxylic acids is 2. The molecule has 1 aliphatic heterocycles. The van der Waals surface area contributed by atoms with Gasteiger partial charge in [-0.3, -0.25) is 4.90 Å². The van der Waals surface area contributed by atoms with Gasteiger partial charge < -0.3 is 9.47 Å². The molecule has 0 radical (unpaired) electrons. The summed E-state index contributed by atoms with van der Waals surface area (Å²) >= 11 is 0. The van der Waals surface area contributed by atoms with Crippen LogP contribution in [0.2, 0.25) is 0 Å². The highest BCUT2D eigenvalue weighted by molar-refractivity contribution is 5.74. The number of rotatable bonds is 5. The molecule has 0 spiro atoms. The van der Waals surface area contributed by atoms with E-state index in [1.165, 1.54) is 11.8 Å². The minimum absolute atomic E-state index is 0.214. The van der Waals surface area contributed by atoms with Gasteiger partial charge in [0.15, 0.2) is 6.04 Å². The molecule has 0 N–H and O–H groups in total. The van der Waals surface area contributed by atoms with Crippen molar-refractivity contribution in [1.82, 2.24) is 19.9 Å². The maximum atomic E-state index is 12.6. The van der Waals surface area contributed by atoms with Crippen LogP contribution in [0.5, 0.6) is 0 Å². The quantitative estimate of drug-likeness (QED) is 0.716. The van der Waals surface area contributed by atoms with Crippen LogP contribution in [0.25, 0.3) is 0 Å². The highest BCUT2D eigenvalue weighted by atomic mass is 16.6. The summed E-state index contributed by atoms with van der Waals surface area (Å²) in [5.41, 5.74) is 1.08. The summed E-state index contributed by atoms with van der Waals surface area (Å²) in [5.74, 6) is -0.388. The molecule has 156 valence electrons. The first-order chi connectivity index (χ1) is 13.8. The molecular weight excluding hydrogens is 372 g/mol. The number of ether oxygens (including phenoxy) is 2. The van der Waals surface area contributed by atoms with Crippen LogP contribution < -0.4 is 0 Å². The van der Waals surface area contributed by atoms with Gasteiger partial charge in [0.25, 0.3) is 0 Å². The van der Waals surface area contributed by atoms with E-state index < -0.39 is 11.6 Å². The minimum Gasteiger partial charge on any atom is -0.467 e. The number of nitrogens with zero attached hydrogens (tertiary/aromatic N) is 4. The molecule has 2 aromatic rings. The summed E-state index contributed by atoms with van der Waals surface area (Å²) in [6.07, 6.45) is 3.46. The number of likely N-dealkylation sites (tertiary alicyclic amines) is 1. The number of amides is 1. The second-order valence-electron chi connectivity index (χ2n) is 8.18. The van der Waals surface area contributed by atoms with Crippen molar-refractivity contribution in [2.24, 2.45) is 0 Å². The Hall–Kier alpha value is -2.90. The molecule has 0 unspecified atom stereocenters. The molecule has 3 rings (SSSR count). The lowest BCUT2D eigenvalue weighted by atomic mass is 10.1. The van der Waals surface area contributed by atoms with E-state index in [1.807, 2.05) is 51.1 Å². The topological polar surface area (TPSA) is 86.5 Å². The average Bonchev–Trinajstić information content (AvgIpc) is 3.34. The molecule has 1 amide bonds. The molecule has 2 heterocycles. The van der Waals surface area contributed by atoms with Gasteiger partial charge in [0.1, 0.15) is 11.3 Å². The van der Waals surface area contributed by atoms with Gasteiger partial charge in [0.2, 0.25) is 0 Å². The van der Waals surface area contributed by atoms with Gasteiger partial charge in [-0.2, -0.15) is 0 Å². The molecule has 1 saturated heterocycles. The number of carbonyl (C=O) groups is 2. The van der Waals surface area contributed by atoms with Crippen molar-refractivity contribution in [3.8, 4) is 0 Å². The van der Waals surface area contributed by atoms with E-state index in [1.54, 1.807) is 11.1 Å². The summed E-state index contributed by atoms with van der Waals surface area (Å²) in [6, 6.07) is 8.84. The third kappa shape index (κ3) is 5.13. The number of benzene rings is 1. The lowest BCUT2D eigenvalue weighted by Crippen LogP contribution is -2.36. The van der Waals surface area contributed by atoms with Gasteiger partial charge in [-0.1, -0.05) is 35.5 Å². The number of esters is 1. The van der Waals surface area contributed by atoms with E-state index in [-0.39, 0.29) is 18.1 Å². The van der Waals surface area contributed by atoms with Gasteiger partial charge >= 0.3 is 12.1 Å². The summed E-state index contributed by atoms with van der Waals surface area (Å²) in [6.45, 7) is 6.14. The zero-order valence-corrected chi connectivity index (χ0v) is 17.4. The monoisotopic (exact) mass is 400 g/mol. The lowest BCUT2D eigenvalue weighted by Gasteiger charge is -2.27. The van der Waals surface area contributed by atoms with Crippen molar-refractivity contribution in [2.45, 2.75) is 57.7 Å². The van der Waals surface area contributed by atoms with E-state index in [4.69, 9.17) is 9.47 Å². The fraction of sp³-hybridized carbons (Fsp3) is 0.524. The van der Waals surface area contributed by atoms with E-state index in [0.717, 1.165) is 18.4 Å². The van der Waals surface area contributed by atoms with Crippen LogP contribution >= 0.6 is 0 Å². The molecule has 2 atom stereocenters. The first kappa shape index (κ1) is 20.8. The third-order valence-corrected chi connectivity index (χ3v) is 4.81. The Labute approximate surface area is 170 Å². The Bertz CT molecular complexity index is 844. The summed E-state index contributed by atoms with van der Waals surface area (Å²) < 4.78 is 12.0. The highest BCUT2D eigenvalue weighted by Crippen LogP contribution is 2.32. The van der Waals surface area contributed by atoms with Gasteiger partial charge in [-0.05, 0) is 39.2 Å². The number of methoxy groups -OCH3 is 1. The molecule has 8 heteroatoms. The Morgan fingerprint density at radius 2 is 1.97 bits per heavy atom. The predicted octanol–water partition coefficient (Wildman–Crippen LogP) is 3.31. The summed E-state index contributed by atoms with van der Waals surface area (Å²) in [7, 11) is 1.36. The second kappa shape index (κ2) is 8.63. The third-order valence-electron chi connectivity index (χ3n) is 4.81. The summed E-state index contributed by atoms with van der Waals surface area (Å²) in [5, 5.41) is 8.44. The first-order valence-corrected chi connectivity index (χ1v) is 9.81. The van der Waals surface area contributed by atoms with E-state index in [0.29, 0.717) is 18.7 Å². The maximum Gasteiger partial charge on any atom is 0.410 e. The molecule has 0 saturated carbocycles. The Morgan fingerprint density at radius 1 is 1.24 bits per heavy atom. The fourth-order valence-corrected chi connectivity index (χ4v) is 3.47. The maximum absolute atomic E-state index is 12.6. The van der Waals surface area contributed by atoms with E-state index in [2.05, 4.69) is 10.3 Å². The highest BCUT2D eigenvalue weighted by Gasteiger charge is 2.35. The normalized spacial score (nSPS) is 17.8. The average molecular weight is 400 g/mol. The van der Waals surface area contributed by atoms with Crippen molar-refractivity contribution >= 4 is 12.1 Å². The fourth-order valence-electron chi connectivity index (χ4n) is 3.47. The standard InChI is InChI=1S/C21H28N4O4/c1-21(2,3)29-20(27)24-12-8-11-17(24)16-14-25(23-22-16)18(19(26)28-4)13-15-9-6-5-7-10-15/h5-7,9-10,14,17-18H,8,11-13H2,1-4H3/t17-,18-/m0/s1. The van der Waals surface area contributed by atoms with Gasteiger partial charge in [0.05, 0.1) is 19.3 Å². The Balaban J connectivity index is 1.80. The minimum atomic E-state index is -0.625. The van der Waals surface area contributed by atoms with Crippen LogP contribution in [0.15, 0.2) is 36.5 Å². The van der Waals surface area contributed by atoms with Crippen LogP contribution in [0, 0.1) is 0 Å². The van der Waals surface area contributed by atoms with Crippen molar-refractivity contribution in [3.05, 3.63) is 47.8 Å². The molecule has 29 heavy (non-hydrogen) atoms. The number of hydrogen-bond acceptors (Lipinski definition) is 6. The molecule has 1 aromatic heterocycles. The van der Waals surface area contributed by atoms with Gasteiger partial charge in [-0.15, -0.1) is 5.10 Å². The molecule has 1 fully saturated rings. The molecule has 0 bridgehead atoms. The van der Waals surface area contributed by atoms with Crippen molar-refractivity contribution in [1.29, 1.82) is 0 Å². The molecule has 1 aromatic carbocycles. The SMILES string of the molecule is COC(=O)[C@H](Cc1ccccc1)n1cc([C@@H]2CCCN2C(=O)OC(C)(C)C)nn1. The summed E-state index contributed by atoms with van der Waals surface area (Å²) in [4.78, 5) is 26.6. The number of aromatic nitrogens is 3. The molecule has 8 nitrogen and oxygen atoms in total. The second-order valence-corrected chi connectivity index (χ2v) is 8.18. The van der Waals surface area contributed by atoms with Crippen LogP contribution in [0.4, 0.5) is 4.79 Å². The molecular formula is C21H28N4O4. The van der Waals surface area contributed by atoms with Crippen molar-refractivity contribution in [2.75, 3.05) is 13.7 Å². The van der Waals surface area contributed by atoms with Crippen LogP contribution in [0.3, 0.4) is 0 Å². The lowest BCUT2D eigenvalue weighted by molar-refractivity contribution is -0.144.